The Morgan fingerprint density at radius 3 is 2.25 bits per heavy atom. The number of hydrogen-bond donors (Lipinski definition) is 3. The summed E-state index contributed by atoms with van der Waals surface area (Å²) in [5.41, 5.74) is -4.92. The summed E-state index contributed by atoms with van der Waals surface area (Å²) >= 11 is 0. The Labute approximate surface area is 347 Å². The van der Waals surface area contributed by atoms with E-state index >= 15 is 0 Å². The fraction of sp³-hybridized carbons (Fsp3) is 0.689. The summed E-state index contributed by atoms with van der Waals surface area (Å²) in [6.07, 6.45) is -5.55. The van der Waals surface area contributed by atoms with Crippen molar-refractivity contribution in [3.8, 4) is 0 Å². The molecule has 6 rings (SSSR count). The molecule has 1 aromatic carbocycles. The molecular formula is C45H63NO13. The highest BCUT2D eigenvalue weighted by molar-refractivity contribution is 5.89. The van der Waals surface area contributed by atoms with Crippen molar-refractivity contribution in [2.75, 3.05) is 6.61 Å². The molecule has 2 saturated carbocycles. The predicted molar refractivity (Wildman–Crippen MR) is 214 cm³/mol. The van der Waals surface area contributed by atoms with Gasteiger partial charge >= 0.3 is 24.0 Å². The summed E-state index contributed by atoms with van der Waals surface area (Å²) in [4.78, 5) is 54.6. The van der Waals surface area contributed by atoms with E-state index in [0.29, 0.717) is 17.6 Å². The van der Waals surface area contributed by atoms with E-state index in [4.69, 9.17) is 33.2 Å². The molecule has 326 valence electrons. The summed E-state index contributed by atoms with van der Waals surface area (Å²) in [6, 6.07) is 7.43. The highest BCUT2D eigenvalue weighted by Crippen LogP contribution is 2.70. The molecule has 2 aliphatic heterocycles. The molecule has 3 aliphatic carbocycles. The summed E-state index contributed by atoms with van der Waals surface area (Å²) < 4.78 is 44.4. The molecule has 3 N–H and O–H groups in total. The Hall–Kier alpha value is -3.82. The third-order valence-corrected chi connectivity index (χ3v) is 13.3. The number of hydrogen-bond acceptors (Lipinski definition) is 13. The number of rotatable bonds is 11. The van der Waals surface area contributed by atoms with Crippen LogP contribution in [-0.4, -0.2) is 107 Å². The molecule has 59 heavy (non-hydrogen) atoms. The monoisotopic (exact) mass is 825 g/mol. The lowest BCUT2D eigenvalue weighted by Gasteiger charge is -2.67. The second-order valence-corrected chi connectivity index (χ2v) is 19.3. The van der Waals surface area contributed by atoms with Gasteiger partial charge in [0.1, 0.15) is 23.9 Å². The van der Waals surface area contributed by atoms with Gasteiger partial charge in [-0.05, 0) is 83.2 Å². The molecule has 14 heteroatoms. The van der Waals surface area contributed by atoms with E-state index in [1.165, 1.54) is 6.92 Å². The summed E-state index contributed by atoms with van der Waals surface area (Å²) in [7, 11) is 0. The van der Waals surface area contributed by atoms with Gasteiger partial charge in [0.2, 0.25) is 0 Å². The van der Waals surface area contributed by atoms with Crippen molar-refractivity contribution in [2.24, 2.45) is 28.6 Å². The minimum absolute atomic E-state index is 0.0118. The number of alkyl carbamates (subject to hydrolysis) is 1. The summed E-state index contributed by atoms with van der Waals surface area (Å²) in [5.74, 6) is -3.69. The number of amides is 1. The fourth-order valence-corrected chi connectivity index (χ4v) is 11.1. The number of nitrogens with one attached hydrogen (secondary N) is 1. The standard InChI is InChI=1S/C45H63NO13/c1-13-32-55-30-20-31-45(22-53-31,58-26(6)47)35-37(57-38(49)27-17-15-14-16-18-27)44(42(10,11)52)21-29(24(4)33(44)25(5)36(56-32)43(30,35)12)54-39(50)34(48)28(19-23(2)3)46-40(51)59-41(7,8)9/h13-18,23,25,28-32,34-37,48,52H,1,19-22H2,2-12H3,(H,46,51)/t25-,28-,29?,30-,31+,32-,34+,35-,36-,37-,43+,44-,45-/m0/s1. The lowest BCUT2D eigenvalue weighted by molar-refractivity contribution is -0.391. The molecule has 0 aromatic heterocycles. The molecule has 1 unspecified atom stereocenters. The van der Waals surface area contributed by atoms with Gasteiger partial charge in [0.25, 0.3) is 0 Å². The van der Waals surface area contributed by atoms with Crippen LogP contribution in [-0.2, 0) is 42.7 Å². The SMILES string of the molecule is C=C[C@H]1O[C@H]2C[C@H]3OC[C@@]3(OC(C)=O)[C@H]3[C@H](OC(=O)c4ccccc4)[C@]4(C(C)(C)O)CC(OC(=O)[C@H](O)[C@H](CC(C)C)NC(=O)OC(C)(C)C)C(C)=C4[C@H](C)[C@H](O1)[C@]23C. The van der Waals surface area contributed by atoms with Gasteiger partial charge in [-0.25, -0.2) is 14.4 Å². The van der Waals surface area contributed by atoms with Crippen LogP contribution in [0.15, 0.2) is 54.1 Å². The van der Waals surface area contributed by atoms with Crippen LogP contribution in [0, 0.1) is 28.6 Å². The molecule has 14 nitrogen and oxygen atoms in total. The van der Waals surface area contributed by atoms with Crippen LogP contribution in [0.5, 0.6) is 0 Å². The first kappa shape index (κ1) is 44.7. The Kier molecular flexibility index (Phi) is 12.1. The van der Waals surface area contributed by atoms with Crippen LogP contribution in [0.25, 0.3) is 0 Å². The van der Waals surface area contributed by atoms with Crippen LogP contribution in [0.3, 0.4) is 0 Å². The minimum Gasteiger partial charge on any atom is -0.457 e. The number of carbonyl (C=O) groups is 4. The van der Waals surface area contributed by atoms with E-state index in [1.807, 2.05) is 27.7 Å². The number of carbonyl (C=O) groups excluding carboxylic acids is 4. The van der Waals surface area contributed by atoms with Gasteiger partial charge in [0, 0.05) is 31.1 Å². The van der Waals surface area contributed by atoms with Crippen molar-refractivity contribution < 1.29 is 62.5 Å². The summed E-state index contributed by atoms with van der Waals surface area (Å²) in [5, 5.41) is 27.0. The first-order chi connectivity index (χ1) is 27.4. The maximum atomic E-state index is 14.5. The maximum Gasteiger partial charge on any atom is 0.407 e. The van der Waals surface area contributed by atoms with Crippen molar-refractivity contribution >= 4 is 24.0 Å². The van der Waals surface area contributed by atoms with Crippen molar-refractivity contribution in [2.45, 2.75) is 161 Å². The highest BCUT2D eigenvalue weighted by atomic mass is 16.7. The number of fused-ring (bicyclic) bond motifs is 3. The fourth-order valence-electron chi connectivity index (χ4n) is 11.1. The largest absolute Gasteiger partial charge is 0.457 e. The Morgan fingerprint density at radius 1 is 1.05 bits per heavy atom. The molecule has 0 radical (unpaired) electrons. The predicted octanol–water partition coefficient (Wildman–Crippen LogP) is 5.57. The minimum atomic E-state index is -1.79. The van der Waals surface area contributed by atoms with Crippen LogP contribution in [0.4, 0.5) is 4.79 Å². The Balaban J connectivity index is 1.52. The average molecular weight is 826 g/mol. The third kappa shape index (κ3) is 7.73. The van der Waals surface area contributed by atoms with E-state index < -0.39 is 112 Å². The quantitative estimate of drug-likeness (QED) is 0.143. The number of ether oxygens (including phenoxy) is 7. The lowest BCUT2D eigenvalue weighted by atomic mass is 9.49. The number of aliphatic hydroxyl groups excluding tert-OH is 1. The van der Waals surface area contributed by atoms with Crippen LogP contribution >= 0.6 is 0 Å². The number of aliphatic hydroxyl groups is 2. The zero-order valence-corrected chi connectivity index (χ0v) is 36.2. The lowest BCUT2D eigenvalue weighted by Crippen LogP contribution is -2.80. The number of benzene rings is 1. The van der Waals surface area contributed by atoms with E-state index in [9.17, 15) is 29.4 Å². The zero-order chi connectivity index (χ0) is 43.6. The number of esters is 3. The molecule has 0 spiro atoms. The first-order valence-electron chi connectivity index (χ1n) is 20.7. The Morgan fingerprint density at radius 2 is 1.71 bits per heavy atom. The summed E-state index contributed by atoms with van der Waals surface area (Å²) in [6.45, 7) is 23.2. The molecular weight excluding hydrogens is 762 g/mol. The van der Waals surface area contributed by atoms with Crippen molar-refractivity contribution in [1.82, 2.24) is 5.32 Å². The van der Waals surface area contributed by atoms with Gasteiger partial charge in [-0.15, -0.1) is 0 Å². The second kappa shape index (κ2) is 15.9. The molecule has 5 aliphatic rings. The van der Waals surface area contributed by atoms with Gasteiger partial charge in [-0.1, -0.05) is 52.5 Å². The van der Waals surface area contributed by atoms with E-state index in [2.05, 4.69) is 11.9 Å². The van der Waals surface area contributed by atoms with Crippen LogP contribution < -0.4 is 5.32 Å². The van der Waals surface area contributed by atoms with Gasteiger partial charge in [0.05, 0.1) is 47.4 Å². The highest BCUT2D eigenvalue weighted by Gasteiger charge is 2.80. The smallest absolute Gasteiger partial charge is 0.407 e. The second-order valence-electron chi connectivity index (χ2n) is 19.3. The van der Waals surface area contributed by atoms with Crippen LogP contribution in [0.2, 0.25) is 0 Å². The Bertz CT molecular complexity index is 1830. The average Bonchev–Trinajstić information content (AvgIpc) is 3.39. The van der Waals surface area contributed by atoms with Crippen LogP contribution in [0.1, 0.15) is 106 Å². The van der Waals surface area contributed by atoms with E-state index in [-0.39, 0.29) is 30.9 Å². The molecule has 2 saturated heterocycles. The van der Waals surface area contributed by atoms with Gasteiger partial charge in [-0.3, -0.25) is 4.79 Å². The van der Waals surface area contributed by atoms with E-state index in [0.717, 1.165) is 0 Å². The molecule has 1 amide bonds. The first-order valence-corrected chi connectivity index (χ1v) is 20.7. The maximum absolute atomic E-state index is 14.5. The van der Waals surface area contributed by atoms with Crippen molar-refractivity contribution in [1.29, 1.82) is 0 Å². The van der Waals surface area contributed by atoms with Gasteiger partial charge in [-0.2, -0.15) is 0 Å². The third-order valence-electron chi connectivity index (χ3n) is 13.3. The molecule has 4 fully saturated rings. The molecule has 2 heterocycles. The molecule has 1 aromatic rings. The molecule has 13 atom stereocenters. The van der Waals surface area contributed by atoms with E-state index in [1.54, 1.807) is 78.0 Å². The van der Waals surface area contributed by atoms with Crippen molar-refractivity contribution in [3.63, 3.8) is 0 Å². The molecule has 0 bridgehead atoms. The topological polar surface area (TPSA) is 185 Å². The normalized spacial score (nSPS) is 36.0. The van der Waals surface area contributed by atoms with Gasteiger partial charge < -0.3 is 48.7 Å². The van der Waals surface area contributed by atoms with Crippen molar-refractivity contribution in [3.05, 3.63) is 59.7 Å². The van der Waals surface area contributed by atoms with Gasteiger partial charge in [0.15, 0.2) is 18.0 Å². The zero-order valence-electron chi connectivity index (χ0n) is 36.2.